The summed E-state index contributed by atoms with van der Waals surface area (Å²) in [5.41, 5.74) is 0.451. The monoisotopic (exact) mass is 290 g/mol. The normalized spacial score (nSPS) is 14.4. The third-order valence-electron chi connectivity index (χ3n) is 3.62. The van der Waals surface area contributed by atoms with Gasteiger partial charge in [0.05, 0.1) is 6.54 Å². The van der Waals surface area contributed by atoms with Crippen LogP contribution in [0.4, 0.5) is 4.39 Å². The number of rotatable bonds is 3. The summed E-state index contributed by atoms with van der Waals surface area (Å²) in [6, 6.07) is 5.86. The molecular weight excluding hydrogens is 275 g/mol. The molecule has 0 spiro atoms. The van der Waals surface area contributed by atoms with Crippen LogP contribution >= 0.6 is 0 Å². The molecule has 3 rings (SSSR count). The van der Waals surface area contributed by atoms with Crippen LogP contribution in [-0.2, 0) is 13.1 Å². The van der Waals surface area contributed by atoms with E-state index in [1.54, 1.807) is 17.0 Å². The molecule has 1 aliphatic rings. The summed E-state index contributed by atoms with van der Waals surface area (Å²) >= 11 is 0. The highest BCUT2D eigenvalue weighted by atomic mass is 19.1. The summed E-state index contributed by atoms with van der Waals surface area (Å²) in [6.45, 7) is 3.68. The molecule has 0 unspecified atom stereocenters. The minimum absolute atomic E-state index is 0.176. The van der Waals surface area contributed by atoms with E-state index in [1.807, 2.05) is 6.92 Å². The van der Waals surface area contributed by atoms with Gasteiger partial charge in [-0.3, -0.25) is 9.36 Å². The predicted molar refractivity (Wildman–Crippen MR) is 73.6 cm³/mol. The lowest BCUT2D eigenvalue weighted by Gasteiger charge is -2.24. The fraction of sp³-hybridized carbons (Fsp3) is 0.357. The van der Waals surface area contributed by atoms with E-state index in [1.165, 1.54) is 21.4 Å². The number of likely N-dealkylation sites (N-methyl/N-ethyl adjacent to an activating group) is 1. The first kappa shape index (κ1) is 13.5. The standard InChI is InChI=1S/C14H15FN4O2/c1-2-17-7-8-18-12(13(17)20)16-19(14(18)21)9-10-3-5-11(15)6-4-10/h3-6H,2,7-9H2,1H3. The fourth-order valence-electron chi connectivity index (χ4n) is 2.43. The largest absolute Gasteiger partial charge is 0.346 e. The number of amides is 1. The maximum atomic E-state index is 12.9. The minimum Gasteiger partial charge on any atom is -0.334 e. The third kappa shape index (κ3) is 2.35. The summed E-state index contributed by atoms with van der Waals surface area (Å²) in [6.07, 6.45) is 0. The van der Waals surface area contributed by atoms with E-state index < -0.39 is 0 Å². The molecule has 0 saturated carbocycles. The zero-order valence-corrected chi connectivity index (χ0v) is 11.6. The molecule has 110 valence electrons. The van der Waals surface area contributed by atoms with Gasteiger partial charge in [0.1, 0.15) is 5.82 Å². The number of aromatic nitrogens is 3. The molecule has 0 saturated heterocycles. The van der Waals surface area contributed by atoms with Crippen LogP contribution in [0, 0.1) is 5.82 Å². The summed E-state index contributed by atoms with van der Waals surface area (Å²) < 4.78 is 15.5. The van der Waals surface area contributed by atoms with E-state index >= 15 is 0 Å². The highest BCUT2D eigenvalue weighted by Crippen LogP contribution is 2.09. The Morgan fingerprint density at radius 2 is 1.90 bits per heavy atom. The number of halogens is 1. The number of hydrogen-bond acceptors (Lipinski definition) is 3. The average molecular weight is 290 g/mol. The Hall–Kier alpha value is -2.44. The second-order valence-electron chi connectivity index (χ2n) is 4.93. The lowest BCUT2D eigenvalue weighted by atomic mass is 10.2. The van der Waals surface area contributed by atoms with Gasteiger partial charge in [0.25, 0.3) is 5.91 Å². The van der Waals surface area contributed by atoms with Gasteiger partial charge in [0.2, 0.25) is 5.82 Å². The van der Waals surface area contributed by atoms with Gasteiger partial charge in [-0.1, -0.05) is 12.1 Å². The Bertz CT molecular complexity index is 732. The quantitative estimate of drug-likeness (QED) is 0.836. The Kier molecular flexibility index (Phi) is 3.32. The first-order valence-corrected chi connectivity index (χ1v) is 6.81. The van der Waals surface area contributed by atoms with Crippen molar-refractivity contribution in [3.63, 3.8) is 0 Å². The van der Waals surface area contributed by atoms with Crippen molar-refractivity contribution in [1.82, 2.24) is 19.2 Å². The van der Waals surface area contributed by atoms with Crippen molar-refractivity contribution in [3.05, 3.63) is 52.0 Å². The topological polar surface area (TPSA) is 60.1 Å². The molecule has 0 radical (unpaired) electrons. The van der Waals surface area contributed by atoms with Crippen LogP contribution in [0.15, 0.2) is 29.1 Å². The maximum absolute atomic E-state index is 12.9. The molecule has 0 aliphatic carbocycles. The molecule has 7 heteroatoms. The predicted octanol–water partition coefficient (Wildman–Crippen LogP) is 0.708. The van der Waals surface area contributed by atoms with Gasteiger partial charge in [-0.05, 0) is 24.6 Å². The van der Waals surface area contributed by atoms with Crippen molar-refractivity contribution in [3.8, 4) is 0 Å². The molecule has 1 aromatic carbocycles. The van der Waals surface area contributed by atoms with E-state index in [0.717, 1.165) is 5.56 Å². The van der Waals surface area contributed by atoms with Crippen LogP contribution in [0.3, 0.4) is 0 Å². The first-order chi connectivity index (χ1) is 10.1. The Labute approximate surface area is 120 Å². The minimum atomic E-state index is -0.330. The van der Waals surface area contributed by atoms with Crippen molar-refractivity contribution in [2.24, 2.45) is 0 Å². The van der Waals surface area contributed by atoms with Crippen LogP contribution in [0.2, 0.25) is 0 Å². The Balaban J connectivity index is 1.93. The third-order valence-corrected chi connectivity index (χ3v) is 3.62. The second-order valence-corrected chi connectivity index (χ2v) is 4.93. The first-order valence-electron chi connectivity index (χ1n) is 6.81. The van der Waals surface area contributed by atoms with E-state index in [4.69, 9.17) is 0 Å². The number of nitrogens with zero attached hydrogens (tertiary/aromatic N) is 4. The zero-order chi connectivity index (χ0) is 15.0. The summed E-state index contributed by atoms with van der Waals surface area (Å²) in [7, 11) is 0. The van der Waals surface area contributed by atoms with Crippen LogP contribution in [0.5, 0.6) is 0 Å². The van der Waals surface area contributed by atoms with Crippen molar-refractivity contribution in [2.75, 3.05) is 13.1 Å². The SMILES string of the molecule is CCN1CCn2c(nn(Cc3ccc(F)cc3)c2=O)C1=O. The van der Waals surface area contributed by atoms with Crippen LogP contribution in [-0.4, -0.2) is 38.2 Å². The van der Waals surface area contributed by atoms with Gasteiger partial charge in [-0.2, -0.15) is 0 Å². The van der Waals surface area contributed by atoms with Gasteiger partial charge >= 0.3 is 5.69 Å². The van der Waals surface area contributed by atoms with Crippen LogP contribution in [0.25, 0.3) is 0 Å². The number of hydrogen-bond donors (Lipinski definition) is 0. The molecular formula is C14H15FN4O2. The number of carbonyl (C=O) groups is 1. The lowest BCUT2D eigenvalue weighted by molar-refractivity contribution is 0.0705. The molecule has 6 nitrogen and oxygen atoms in total. The van der Waals surface area contributed by atoms with Crippen molar-refractivity contribution in [1.29, 1.82) is 0 Å². The van der Waals surface area contributed by atoms with Crippen molar-refractivity contribution < 1.29 is 9.18 Å². The van der Waals surface area contributed by atoms with Crippen LogP contribution < -0.4 is 5.69 Å². The Morgan fingerprint density at radius 3 is 2.57 bits per heavy atom. The summed E-state index contributed by atoms with van der Waals surface area (Å²) in [5.74, 6) is -0.377. The zero-order valence-electron chi connectivity index (χ0n) is 11.6. The highest BCUT2D eigenvalue weighted by Gasteiger charge is 2.28. The van der Waals surface area contributed by atoms with Gasteiger partial charge in [0.15, 0.2) is 0 Å². The Morgan fingerprint density at radius 1 is 1.19 bits per heavy atom. The smallest absolute Gasteiger partial charge is 0.334 e. The van der Waals surface area contributed by atoms with E-state index in [0.29, 0.717) is 19.6 Å². The molecule has 2 heterocycles. The van der Waals surface area contributed by atoms with Crippen molar-refractivity contribution >= 4 is 5.91 Å². The van der Waals surface area contributed by atoms with E-state index in [9.17, 15) is 14.0 Å². The summed E-state index contributed by atoms with van der Waals surface area (Å²) in [4.78, 5) is 26.1. The molecule has 0 bridgehead atoms. The molecule has 0 fully saturated rings. The van der Waals surface area contributed by atoms with E-state index in [-0.39, 0.29) is 29.8 Å². The molecule has 2 aromatic rings. The number of benzene rings is 1. The molecule has 1 aromatic heterocycles. The van der Waals surface area contributed by atoms with Gasteiger partial charge in [-0.25, -0.2) is 13.9 Å². The second kappa shape index (κ2) is 5.16. The molecule has 1 aliphatic heterocycles. The van der Waals surface area contributed by atoms with Crippen LogP contribution in [0.1, 0.15) is 23.1 Å². The molecule has 0 atom stereocenters. The maximum Gasteiger partial charge on any atom is 0.346 e. The highest BCUT2D eigenvalue weighted by molar-refractivity contribution is 5.91. The van der Waals surface area contributed by atoms with Gasteiger partial charge < -0.3 is 4.90 Å². The number of carbonyl (C=O) groups excluding carboxylic acids is 1. The van der Waals surface area contributed by atoms with Gasteiger partial charge in [0, 0.05) is 19.6 Å². The van der Waals surface area contributed by atoms with E-state index in [2.05, 4.69) is 5.10 Å². The molecule has 21 heavy (non-hydrogen) atoms. The lowest BCUT2D eigenvalue weighted by Crippen LogP contribution is -2.42. The van der Waals surface area contributed by atoms with Crippen molar-refractivity contribution in [2.45, 2.75) is 20.0 Å². The summed E-state index contributed by atoms with van der Waals surface area (Å²) in [5, 5.41) is 4.13. The fourth-order valence-corrected chi connectivity index (χ4v) is 2.43. The molecule has 1 amide bonds. The molecule has 0 N–H and O–H groups in total. The number of fused-ring (bicyclic) bond motifs is 1. The average Bonchev–Trinajstić information content (AvgIpc) is 2.80. The van der Waals surface area contributed by atoms with Gasteiger partial charge in [-0.15, -0.1) is 5.10 Å².